The molecule has 6 heteroatoms. The Bertz CT molecular complexity index is 545. The zero-order valence-electron chi connectivity index (χ0n) is 9.61. The van der Waals surface area contributed by atoms with Gasteiger partial charge in [0.15, 0.2) is 0 Å². The van der Waals surface area contributed by atoms with Crippen LogP contribution in [0.3, 0.4) is 0 Å². The zero-order valence-corrected chi connectivity index (χ0v) is 11.9. The summed E-state index contributed by atoms with van der Waals surface area (Å²) in [6.07, 6.45) is 0. The molecule has 2 rings (SSSR count). The summed E-state index contributed by atoms with van der Waals surface area (Å²) in [5.74, 6) is 6.43. The highest BCUT2D eigenvalue weighted by Gasteiger charge is 2.19. The van der Waals surface area contributed by atoms with Gasteiger partial charge in [-0.2, -0.15) is 0 Å². The van der Waals surface area contributed by atoms with E-state index in [-0.39, 0.29) is 6.04 Å². The van der Waals surface area contributed by atoms with Crippen LogP contribution in [0.5, 0.6) is 5.75 Å². The van der Waals surface area contributed by atoms with E-state index in [1.807, 2.05) is 17.5 Å². The summed E-state index contributed by atoms with van der Waals surface area (Å²) in [4.78, 5) is 0.999. The van der Waals surface area contributed by atoms with Gasteiger partial charge in [-0.05, 0) is 29.1 Å². The lowest BCUT2D eigenvalue weighted by Gasteiger charge is -2.17. The van der Waals surface area contributed by atoms with Gasteiger partial charge in [0, 0.05) is 0 Å². The van der Waals surface area contributed by atoms with Crippen molar-refractivity contribution in [3.63, 3.8) is 0 Å². The minimum Gasteiger partial charge on any atom is -0.496 e. The molecule has 0 radical (unpaired) electrons. The van der Waals surface area contributed by atoms with Crippen molar-refractivity contribution < 1.29 is 4.74 Å². The Morgan fingerprint density at radius 3 is 2.67 bits per heavy atom. The lowest BCUT2D eigenvalue weighted by Crippen LogP contribution is -2.28. The number of rotatable bonds is 4. The molecule has 3 N–H and O–H groups in total. The normalized spacial score (nSPS) is 12.4. The molecule has 0 fully saturated rings. The SMILES string of the molecule is COc1ccsc1C(NN)c1ccc(Cl)c(Cl)c1. The van der Waals surface area contributed by atoms with E-state index in [0.29, 0.717) is 10.0 Å². The Kier molecular flexibility index (Phi) is 4.48. The number of nitrogens with two attached hydrogens (primary N) is 1. The highest BCUT2D eigenvalue weighted by atomic mass is 35.5. The topological polar surface area (TPSA) is 47.3 Å². The largest absolute Gasteiger partial charge is 0.496 e. The maximum Gasteiger partial charge on any atom is 0.134 e. The van der Waals surface area contributed by atoms with Crippen LogP contribution < -0.4 is 16.0 Å². The van der Waals surface area contributed by atoms with E-state index < -0.39 is 0 Å². The molecule has 18 heavy (non-hydrogen) atoms. The smallest absolute Gasteiger partial charge is 0.134 e. The van der Waals surface area contributed by atoms with Crippen LogP contribution in [-0.2, 0) is 0 Å². The highest BCUT2D eigenvalue weighted by Crippen LogP contribution is 2.36. The van der Waals surface area contributed by atoms with Crippen molar-refractivity contribution in [3.8, 4) is 5.75 Å². The van der Waals surface area contributed by atoms with Crippen LogP contribution in [0.4, 0.5) is 0 Å². The van der Waals surface area contributed by atoms with E-state index in [4.69, 9.17) is 33.8 Å². The van der Waals surface area contributed by atoms with Crippen molar-refractivity contribution in [2.45, 2.75) is 6.04 Å². The van der Waals surface area contributed by atoms with E-state index in [2.05, 4.69) is 5.43 Å². The van der Waals surface area contributed by atoms with E-state index in [1.165, 1.54) is 0 Å². The second-order valence-corrected chi connectivity index (χ2v) is 5.39. The Morgan fingerprint density at radius 1 is 1.28 bits per heavy atom. The molecule has 1 atom stereocenters. The number of nitrogens with one attached hydrogen (secondary N) is 1. The predicted octanol–water partition coefficient (Wildman–Crippen LogP) is 3.62. The molecule has 0 amide bonds. The number of halogens is 2. The van der Waals surface area contributed by atoms with Crippen LogP contribution in [-0.4, -0.2) is 7.11 Å². The van der Waals surface area contributed by atoms with Gasteiger partial charge in [-0.25, -0.2) is 5.43 Å². The summed E-state index contributed by atoms with van der Waals surface area (Å²) in [5, 5.41) is 2.98. The first kappa shape index (κ1) is 13.6. The first-order chi connectivity index (χ1) is 8.67. The summed E-state index contributed by atoms with van der Waals surface area (Å²) in [6, 6.07) is 7.17. The Labute approximate surface area is 119 Å². The molecule has 0 bridgehead atoms. The van der Waals surface area contributed by atoms with Crippen molar-refractivity contribution in [2.75, 3.05) is 7.11 Å². The molecule has 0 saturated carbocycles. The minimum atomic E-state index is -0.172. The third kappa shape index (κ3) is 2.63. The average molecular weight is 303 g/mol. The minimum absolute atomic E-state index is 0.172. The second kappa shape index (κ2) is 5.91. The maximum atomic E-state index is 6.02. The number of hydrazine groups is 1. The Morgan fingerprint density at radius 2 is 2.06 bits per heavy atom. The molecular formula is C12H12Cl2N2OS. The highest BCUT2D eigenvalue weighted by molar-refractivity contribution is 7.10. The fourth-order valence-electron chi connectivity index (χ4n) is 1.70. The van der Waals surface area contributed by atoms with E-state index >= 15 is 0 Å². The van der Waals surface area contributed by atoms with E-state index in [0.717, 1.165) is 16.2 Å². The zero-order chi connectivity index (χ0) is 13.1. The van der Waals surface area contributed by atoms with Gasteiger partial charge in [0.05, 0.1) is 28.1 Å². The van der Waals surface area contributed by atoms with Crippen LogP contribution in [0.15, 0.2) is 29.6 Å². The van der Waals surface area contributed by atoms with Crippen molar-refractivity contribution >= 4 is 34.5 Å². The molecule has 0 aliphatic carbocycles. The van der Waals surface area contributed by atoms with Gasteiger partial charge >= 0.3 is 0 Å². The molecule has 3 nitrogen and oxygen atoms in total. The van der Waals surface area contributed by atoms with Gasteiger partial charge in [0.25, 0.3) is 0 Å². The molecule has 0 aliphatic heterocycles. The number of hydrogen-bond acceptors (Lipinski definition) is 4. The van der Waals surface area contributed by atoms with Gasteiger partial charge in [-0.1, -0.05) is 29.3 Å². The average Bonchev–Trinajstić information content (AvgIpc) is 2.83. The number of thiophene rings is 1. The molecule has 1 heterocycles. The number of ether oxygens (including phenoxy) is 1. The molecule has 1 aromatic carbocycles. The number of methoxy groups -OCH3 is 1. The van der Waals surface area contributed by atoms with Gasteiger partial charge in [0.1, 0.15) is 5.75 Å². The molecule has 1 aromatic heterocycles. The lowest BCUT2D eigenvalue weighted by atomic mass is 10.1. The predicted molar refractivity (Wildman–Crippen MR) is 76.5 cm³/mol. The molecular weight excluding hydrogens is 291 g/mol. The first-order valence-corrected chi connectivity index (χ1v) is 6.83. The molecule has 0 aliphatic rings. The van der Waals surface area contributed by atoms with Crippen molar-refractivity contribution in [1.82, 2.24) is 5.43 Å². The number of hydrogen-bond donors (Lipinski definition) is 2. The summed E-state index contributed by atoms with van der Waals surface area (Å²) in [5.41, 5.74) is 3.71. The van der Waals surface area contributed by atoms with E-state index in [1.54, 1.807) is 30.6 Å². The summed E-state index contributed by atoms with van der Waals surface area (Å²) < 4.78 is 5.30. The van der Waals surface area contributed by atoms with Crippen LogP contribution in [0.25, 0.3) is 0 Å². The Balaban J connectivity index is 2.42. The van der Waals surface area contributed by atoms with Crippen LogP contribution >= 0.6 is 34.5 Å². The van der Waals surface area contributed by atoms with Crippen LogP contribution in [0, 0.1) is 0 Å². The molecule has 0 saturated heterocycles. The van der Waals surface area contributed by atoms with Gasteiger partial charge in [-0.15, -0.1) is 11.3 Å². The van der Waals surface area contributed by atoms with Crippen molar-refractivity contribution in [1.29, 1.82) is 0 Å². The fourth-order valence-corrected chi connectivity index (χ4v) is 2.96. The number of benzene rings is 1. The van der Waals surface area contributed by atoms with Crippen LogP contribution in [0.2, 0.25) is 10.0 Å². The van der Waals surface area contributed by atoms with Crippen molar-refractivity contribution in [3.05, 3.63) is 50.1 Å². The molecule has 2 aromatic rings. The molecule has 96 valence electrons. The fraction of sp³-hybridized carbons (Fsp3) is 0.167. The van der Waals surface area contributed by atoms with Crippen LogP contribution in [0.1, 0.15) is 16.5 Å². The lowest BCUT2D eigenvalue weighted by molar-refractivity contribution is 0.408. The monoisotopic (exact) mass is 302 g/mol. The standard InChI is InChI=1S/C12H12Cl2N2OS/c1-17-10-4-5-18-12(10)11(16-15)7-2-3-8(13)9(14)6-7/h2-6,11,16H,15H2,1H3. The third-order valence-corrected chi connectivity index (χ3v) is 4.29. The second-order valence-electron chi connectivity index (χ2n) is 3.63. The molecule has 1 unspecified atom stereocenters. The van der Waals surface area contributed by atoms with Gasteiger partial charge in [-0.3, -0.25) is 5.84 Å². The quantitative estimate of drug-likeness (QED) is 0.670. The van der Waals surface area contributed by atoms with Crippen molar-refractivity contribution in [2.24, 2.45) is 5.84 Å². The first-order valence-electron chi connectivity index (χ1n) is 5.19. The van der Waals surface area contributed by atoms with E-state index in [9.17, 15) is 0 Å². The summed E-state index contributed by atoms with van der Waals surface area (Å²) in [6.45, 7) is 0. The molecule has 0 spiro atoms. The summed E-state index contributed by atoms with van der Waals surface area (Å²) >= 11 is 13.5. The maximum absolute atomic E-state index is 6.02. The van der Waals surface area contributed by atoms with Gasteiger partial charge < -0.3 is 4.74 Å². The summed E-state index contributed by atoms with van der Waals surface area (Å²) in [7, 11) is 1.63. The Hall–Kier alpha value is -0.780. The van der Waals surface area contributed by atoms with Gasteiger partial charge in [0.2, 0.25) is 0 Å². The third-order valence-electron chi connectivity index (χ3n) is 2.58.